The van der Waals surface area contributed by atoms with Crippen LogP contribution in [-0.4, -0.2) is 12.6 Å². The van der Waals surface area contributed by atoms with Gasteiger partial charge in [-0.25, -0.2) is 0 Å². The van der Waals surface area contributed by atoms with Gasteiger partial charge >= 0.3 is 0 Å². The minimum atomic E-state index is 0.736. The van der Waals surface area contributed by atoms with Gasteiger partial charge < -0.3 is 5.32 Å². The molecule has 1 nitrogen and oxygen atoms in total. The Kier molecular flexibility index (Phi) is 1.31. The van der Waals surface area contributed by atoms with Gasteiger partial charge in [-0.3, -0.25) is 0 Å². The lowest BCUT2D eigenvalue weighted by atomic mass is 9.60. The number of hydrogen-bond acceptors (Lipinski definition) is 1. The molecule has 0 bridgehead atoms. The summed E-state index contributed by atoms with van der Waals surface area (Å²) in [5, 5.41) is 3.54. The first-order chi connectivity index (χ1) is 4.73. The first-order valence-electron chi connectivity index (χ1n) is 4.46. The molecule has 1 spiro atoms. The van der Waals surface area contributed by atoms with Gasteiger partial charge in [-0.15, -0.1) is 0 Å². The number of rotatable bonds is 0. The Morgan fingerprint density at radius 2 is 2.20 bits per heavy atom. The Balaban J connectivity index is 2.04. The van der Waals surface area contributed by atoms with E-state index in [9.17, 15) is 0 Å². The maximum Gasteiger partial charge on any atom is 0.00448 e. The molecule has 2 rings (SSSR count). The molecule has 3 atom stereocenters. The summed E-state index contributed by atoms with van der Waals surface area (Å²) >= 11 is 0. The molecule has 1 heteroatoms. The number of nitrogens with one attached hydrogen (secondary N) is 1. The summed E-state index contributed by atoms with van der Waals surface area (Å²) in [5.74, 6) is 0.991. The minimum absolute atomic E-state index is 0.736. The lowest BCUT2D eigenvalue weighted by molar-refractivity contribution is 0.0651. The molecule has 0 aromatic rings. The Labute approximate surface area is 63.2 Å². The van der Waals surface area contributed by atoms with Crippen LogP contribution in [-0.2, 0) is 0 Å². The molecule has 0 aromatic heterocycles. The Morgan fingerprint density at radius 1 is 1.40 bits per heavy atom. The standard InChI is InChI=1S/C9H17N/c1-7-3-4-9(7)5-8(2)10-6-9/h7-8,10H,3-6H2,1-2H3. The largest absolute Gasteiger partial charge is 0.314 e. The monoisotopic (exact) mass is 139 g/mol. The maximum absolute atomic E-state index is 3.54. The summed E-state index contributed by atoms with van der Waals surface area (Å²) in [6.07, 6.45) is 4.37. The third-order valence-electron chi connectivity index (χ3n) is 3.64. The van der Waals surface area contributed by atoms with Crippen LogP contribution in [0.25, 0.3) is 0 Å². The van der Waals surface area contributed by atoms with E-state index < -0.39 is 0 Å². The molecule has 0 amide bonds. The third kappa shape index (κ3) is 0.731. The highest BCUT2D eigenvalue weighted by molar-refractivity contribution is 5.01. The first-order valence-corrected chi connectivity index (χ1v) is 4.46. The summed E-state index contributed by atoms with van der Waals surface area (Å²) in [4.78, 5) is 0. The van der Waals surface area contributed by atoms with Crippen molar-refractivity contribution in [3.63, 3.8) is 0 Å². The molecule has 1 saturated heterocycles. The van der Waals surface area contributed by atoms with Gasteiger partial charge in [0.05, 0.1) is 0 Å². The van der Waals surface area contributed by atoms with Crippen LogP contribution in [0.3, 0.4) is 0 Å². The smallest absolute Gasteiger partial charge is 0.00448 e. The van der Waals surface area contributed by atoms with Crippen molar-refractivity contribution in [3.05, 3.63) is 0 Å². The van der Waals surface area contributed by atoms with E-state index in [1.807, 2.05) is 0 Å². The summed E-state index contributed by atoms with van der Waals surface area (Å²) < 4.78 is 0. The van der Waals surface area contributed by atoms with Gasteiger partial charge in [0.1, 0.15) is 0 Å². The topological polar surface area (TPSA) is 12.0 Å². The minimum Gasteiger partial charge on any atom is -0.314 e. The van der Waals surface area contributed by atoms with E-state index in [2.05, 4.69) is 19.2 Å². The highest BCUT2D eigenvalue weighted by Crippen LogP contribution is 2.51. The zero-order valence-electron chi connectivity index (χ0n) is 6.98. The molecule has 1 saturated carbocycles. The van der Waals surface area contributed by atoms with Gasteiger partial charge in [0, 0.05) is 12.6 Å². The van der Waals surface area contributed by atoms with E-state index in [-0.39, 0.29) is 0 Å². The number of hydrogen-bond donors (Lipinski definition) is 1. The van der Waals surface area contributed by atoms with E-state index >= 15 is 0 Å². The zero-order valence-corrected chi connectivity index (χ0v) is 6.98. The van der Waals surface area contributed by atoms with Crippen LogP contribution in [0.2, 0.25) is 0 Å². The maximum atomic E-state index is 3.54. The summed E-state index contributed by atoms with van der Waals surface area (Å²) in [6.45, 7) is 6.00. The average molecular weight is 139 g/mol. The van der Waals surface area contributed by atoms with Gasteiger partial charge in [0.2, 0.25) is 0 Å². The lowest BCUT2D eigenvalue weighted by Crippen LogP contribution is -2.39. The zero-order chi connectivity index (χ0) is 7.19. The molecule has 2 fully saturated rings. The van der Waals surface area contributed by atoms with Crippen LogP contribution < -0.4 is 5.32 Å². The van der Waals surface area contributed by atoms with Crippen molar-refractivity contribution in [3.8, 4) is 0 Å². The van der Waals surface area contributed by atoms with Crippen LogP contribution in [0, 0.1) is 11.3 Å². The van der Waals surface area contributed by atoms with Gasteiger partial charge in [0.15, 0.2) is 0 Å². The van der Waals surface area contributed by atoms with Gasteiger partial charge in [-0.1, -0.05) is 6.92 Å². The fraction of sp³-hybridized carbons (Fsp3) is 1.00. The highest BCUT2D eigenvalue weighted by atomic mass is 15.0. The van der Waals surface area contributed by atoms with E-state index in [0.717, 1.165) is 17.4 Å². The van der Waals surface area contributed by atoms with Crippen molar-refractivity contribution >= 4 is 0 Å². The fourth-order valence-corrected chi connectivity index (χ4v) is 2.54. The molecule has 2 aliphatic rings. The Bertz CT molecular complexity index is 144. The van der Waals surface area contributed by atoms with Gasteiger partial charge in [0.25, 0.3) is 0 Å². The van der Waals surface area contributed by atoms with Crippen molar-refractivity contribution in [1.29, 1.82) is 0 Å². The Morgan fingerprint density at radius 3 is 2.40 bits per heavy atom. The predicted molar refractivity (Wildman–Crippen MR) is 42.9 cm³/mol. The van der Waals surface area contributed by atoms with Crippen LogP contribution in [0.1, 0.15) is 33.1 Å². The lowest BCUT2D eigenvalue weighted by Gasteiger charge is -2.45. The van der Waals surface area contributed by atoms with Crippen molar-refractivity contribution in [2.75, 3.05) is 6.54 Å². The second-order valence-corrected chi connectivity index (χ2v) is 4.29. The predicted octanol–water partition coefficient (Wildman–Crippen LogP) is 1.78. The quantitative estimate of drug-likeness (QED) is 0.539. The van der Waals surface area contributed by atoms with Crippen LogP contribution in [0.15, 0.2) is 0 Å². The molecular formula is C9H17N. The molecule has 10 heavy (non-hydrogen) atoms. The molecule has 1 aliphatic heterocycles. The summed E-state index contributed by atoms with van der Waals surface area (Å²) in [5.41, 5.74) is 0.736. The molecule has 1 heterocycles. The molecule has 3 unspecified atom stereocenters. The molecular weight excluding hydrogens is 122 g/mol. The van der Waals surface area contributed by atoms with Crippen molar-refractivity contribution < 1.29 is 0 Å². The van der Waals surface area contributed by atoms with Crippen molar-refractivity contribution in [1.82, 2.24) is 5.32 Å². The van der Waals surface area contributed by atoms with E-state index in [4.69, 9.17) is 0 Å². The first kappa shape index (κ1) is 6.66. The van der Waals surface area contributed by atoms with E-state index in [0.29, 0.717) is 0 Å². The normalized spacial score (nSPS) is 53.4. The Hall–Kier alpha value is -0.0400. The average Bonchev–Trinajstić information content (AvgIpc) is 2.31. The summed E-state index contributed by atoms with van der Waals surface area (Å²) in [7, 11) is 0. The van der Waals surface area contributed by atoms with Crippen LogP contribution in [0.5, 0.6) is 0 Å². The van der Waals surface area contributed by atoms with E-state index in [1.165, 1.54) is 25.8 Å². The molecule has 0 aromatic carbocycles. The SMILES string of the molecule is CC1CC2(CCC2C)CN1. The fourth-order valence-electron chi connectivity index (χ4n) is 2.54. The molecule has 58 valence electrons. The second kappa shape index (κ2) is 1.97. The molecule has 1 N–H and O–H groups in total. The third-order valence-corrected chi connectivity index (χ3v) is 3.64. The molecule has 0 radical (unpaired) electrons. The molecule has 1 aliphatic carbocycles. The van der Waals surface area contributed by atoms with Crippen molar-refractivity contribution in [2.45, 2.75) is 39.2 Å². The summed E-state index contributed by atoms with van der Waals surface area (Å²) in [6, 6.07) is 0.780. The van der Waals surface area contributed by atoms with Gasteiger partial charge in [-0.2, -0.15) is 0 Å². The second-order valence-electron chi connectivity index (χ2n) is 4.29. The van der Waals surface area contributed by atoms with E-state index in [1.54, 1.807) is 0 Å². The van der Waals surface area contributed by atoms with Crippen LogP contribution in [0.4, 0.5) is 0 Å². The highest BCUT2D eigenvalue weighted by Gasteiger charge is 2.47. The van der Waals surface area contributed by atoms with Crippen molar-refractivity contribution in [2.24, 2.45) is 11.3 Å². The van der Waals surface area contributed by atoms with Crippen LogP contribution >= 0.6 is 0 Å². The van der Waals surface area contributed by atoms with Gasteiger partial charge in [-0.05, 0) is 37.5 Å².